The quantitative estimate of drug-likeness (QED) is 0.568. The van der Waals surface area contributed by atoms with E-state index in [4.69, 9.17) is 16.3 Å². The van der Waals surface area contributed by atoms with Crippen molar-refractivity contribution >= 4 is 56.6 Å². The molecule has 10 heteroatoms. The maximum atomic E-state index is 13.2. The largest absolute Gasteiger partial charge is 0.379 e. The third kappa shape index (κ3) is 4.90. The van der Waals surface area contributed by atoms with Gasteiger partial charge in [0.25, 0.3) is 5.91 Å². The van der Waals surface area contributed by atoms with Crippen molar-refractivity contribution in [2.45, 2.75) is 13.5 Å². The highest BCUT2D eigenvalue weighted by Gasteiger charge is 2.24. The second-order valence-corrected chi connectivity index (χ2v) is 7.97. The number of hydrogen-bond acceptors (Lipinski definition) is 6. The molecule has 0 saturated carbocycles. The minimum atomic E-state index is -0.143. The predicted octanol–water partition coefficient (Wildman–Crippen LogP) is 3.57. The van der Waals surface area contributed by atoms with Crippen molar-refractivity contribution in [3.8, 4) is 0 Å². The van der Waals surface area contributed by atoms with Crippen LogP contribution in [0.2, 0.25) is 5.02 Å². The number of thiazole rings is 1. The highest BCUT2D eigenvalue weighted by Crippen LogP contribution is 2.33. The molecule has 0 unspecified atom stereocenters. The smallest absolute Gasteiger partial charge is 0.280 e. The molecule has 0 bridgehead atoms. The topological polar surface area (TPSA) is 63.5 Å². The van der Waals surface area contributed by atoms with Crippen molar-refractivity contribution < 1.29 is 9.53 Å². The minimum absolute atomic E-state index is 0. The van der Waals surface area contributed by atoms with Gasteiger partial charge < -0.3 is 4.74 Å². The van der Waals surface area contributed by atoms with E-state index in [0.29, 0.717) is 22.4 Å². The second-order valence-electron chi connectivity index (χ2n) is 6.55. The first-order chi connectivity index (χ1) is 13.7. The summed E-state index contributed by atoms with van der Waals surface area (Å²) in [6, 6.07) is 7.44. The van der Waals surface area contributed by atoms with Crippen LogP contribution in [0.15, 0.2) is 30.5 Å². The molecule has 1 aliphatic rings. The van der Waals surface area contributed by atoms with Gasteiger partial charge in [0.2, 0.25) is 0 Å². The van der Waals surface area contributed by atoms with E-state index < -0.39 is 0 Å². The fourth-order valence-corrected chi connectivity index (χ4v) is 4.45. The third-order valence-electron chi connectivity index (χ3n) is 4.76. The number of aromatic nitrogens is 3. The van der Waals surface area contributed by atoms with Gasteiger partial charge in [-0.15, -0.1) is 12.4 Å². The number of aryl methyl sites for hydroxylation is 1. The van der Waals surface area contributed by atoms with E-state index in [1.165, 1.54) is 11.3 Å². The molecule has 3 aromatic rings. The minimum Gasteiger partial charge on any atom is -0.379 e. The van der Waals surface area contributed by atoms with E-state index in [-0.39, 0.29) is 18.3 Å². The first-order valence-electron chi connectivity index (χ1n) is 9.36. The zero-order valence-corrected chi connectivity index (χ0v) is 18.5. The standard InChI is InChI=1S/C19H22ClN5O2S.ClH/c1-2-24-7-6-15(22-24)18(26)25(9-8-23-10-12-27-13-11-23)19-21-17-14(20)4-3-5-16(17)28-19;/h3-7H,2,8-13H2,1H3;1H. The summed E-state index contributed by atoms with van der Waals surface area (Å²) >= 11 is 7.77. The van der Waals surface area contributed by atoms with Crippen LogP contribution in [0.1, 0.15) is 17.4 Å². The molecular formula is C19H23Cl2N5O2S. The Morgan fingerprint density at radius 2 is 2.10 bits per heavy atom. The number of nitrogens with zero attached hydrogens (tertiary/aromatic N) is 5. The number of anilines is 1. The normalized spacial score (nSPS) is 14.7. The first-order valence-corrected chi connectivity index (χ1v) is 10.6. The number of hydrogen-bond donors (Lipinski definition) is 0. The summed E-state index contributed by atoms with van der Waals surface area (Å²) in [5, 5.41) is 5.62. The molecule has 1 aromatic carbocycles. The Labute approximate surface area is 184 Å². The lowest BCUT2D eigenvalue weighted by Gasteiger charge is -2.29. The van der Waals surface area contributed by atoms with Crippen LogP contribution in [0.3, 0.4) is 0 Å². The van der Waals surface area contributed by atoms with Gasteiger partial charge in [0.1, 0.15) is 5.52 Å². The summed E-state index contributed by atoms with van der Waals surface area (Å²) < 4.78 is 8.13. The Morgan fingerprint density at radius 3 is 2.79 bits per heavy atom. The SMILES string of the molecule is CCn1ccc(C(=O)N(CCN2CCOCC2)c2nc3c(Cl)cccc3s2)n1.Cl. The maximum Gasteiger partial charge on any atom is 0.280 e. The fraction of sp³-hybridized carbons (Fsp3) is 0.421. The van der Waals surface area contributed by atoms with Crippen LogP contribution in [0.5, 0.6) is 0 Å². The molecule has 1 fully saturated rings. The molecule has 1 aliphatic heterocycles. The molecule has 2 aromatic heterocycles. The molecular weight excluding hydrogens is 433 g/mol. The van der Waals surface area contributed by atoms with Gasteiger partial charge in [-0.3, -0.25) is 19.3 Å². The Bertz CT molecular complexity index is 971. The van der Waals surface area contributed by atoms with E-state index in [0.717, 1.165) is 49.6 Å². The van der Waals surface area contributed by atoms with E-state index >= 15 is 0 Å². The number of halogens is 2. The number of carbonyl (C=O) groups excluding carboxylic acids is 1. The van der Waals surface area contributed by atoms with Crippen molar-refractivity contribution in [1.82, 2.24) is 19.7 Å². The van der Waals surface area contributed by atoms with Crippen molar-refractivity contribution in [3.63, 3.8) is 0 Å². The van der Waals surface area contributed by atoms with Crippen LogP contribution in [0.4, 0.5) is 5.13 Å². The third-order valence-corrected chi connectivity index (χ3v) is 6.11. The zero-order chi connectivity index (χ0) is 19.5. The molecule has 29 heavy (non-hydrogen) atoms. The van der Waals surface area contributed by atoms with E-state index in [2.05, 4.69) is 15.0 Å². The Hall–Kier alpha value is -1.71. The van der Waals surface area contributed by atoms with Gasteiger partial charge in [0, 0.05) is 38.9 Å². The van der Waals surface area contributed by atoms with Crippen molar-refractivity contribution in [2.24, 2.45) is 0 Å². The molecule has 0 spiro atoms. The lowest BCUT2D eigenvalue weighted by molar-refractivity contribution is 0.0391. The van der Waals surface area contributed by atoms with Crippen LogP contribution < -0.4 is 4.90 Å². The van der Waals surface area contributed by atoms with Gasteiger partial charge in [0.05, 0.1) is 22.9 Å². The summed E-state index contributed by atoms with van der Waals surface area (Å²) in [4.78, 5) is 21.9. The van der Waals surface area contributed by atoms with Gasteiger partial charge in [-0.1, -0.05) is 29.0 Å². The molecule has 4 rings (SSSR count). The fourth-order valence-electron chi connectivity index (χ4n) is 3.16. The number of carbonyl (C=O) groups is 1. The molecule has 0 atom stereocenters. The molecule has 7 nitrogen and oxygen atoms in total. The number of benzene rings is 1. The van der Waals surface area contributed by atoms with Gasteiger partial charge in [-0.25, -0.2) is 4.98 Å². The Kier molecular flexibility index (Phi) is 7.48. The number of fused-ring (bicyclic) bond motifs is 1. The number of morpholine rings is 1. The highest BCUT2D eigenvalue weighted by atomic mass is 35.5. The number of ether oxygens (including phenoxy) is 1. The van der Waals surface area contributed by atoms with E-state index in [9.17, 15) is 4.79 Å². The van der Waals surface area contributed by atoms with Gasteiger partial charge in [-0.2, -0.15) is 5.10 Å². The van der Waals surface area contributed by atoms with Crippen LogP contribution in [-0.2, 0) is 11.3 Å². The number of rotatable bonds is 6. The molecule has 0 aliphatic carbocycles. The van der Waals surface area contributed by atoms with Crippen LogP contribution in [0, 0.1) is 0 Å². The number of amides is 1. The van der Waals surface area contributed by atoms with Crippen LogP contribution in [-0.4, -0.2) is 65.0 Å². The summed E-state index contributed by atoms with van der Waals surface area (Å²) in [6.07, 6.45) is 1.82. The summed E-state index contributed by atoms with van der Waals surface area (Å²) in [7, 11) is 0. The Morgan fingerprint density at radius 1 is 1.31 bits per heavy atom. The van der Waals surface area contributed by atoms with Crippen molar-refractivity contribution in [2.75, 3.05) is 44.3 Å². The number of para-hydroxylation sites is 1. The maximum absolute atomic E-state index is 13.2. The van der Waals surface area contributed by atoms with Crippen molar-refractivity contribution in [3.05, 3.63) is 41.2 Å². The first kappa shape index (κ1) is 22.0. The monoisotopic (exact) mass is 455 g/mol. The van der Waals surface area contributed by atoms with Gasteiger partial charge in [-0.05, 0) is 25.1 Å². The van der Waals surface area contributed by atoms with Gasteiger partial charge in [0.15, 0.2) is 10.8 Å². The molecule has 156 valence electrons. The Balaban J connectivity index is 0.00000240. The summed E-state index contributed by atoms with van der Waals surface area (Å²) in [6.45, 7) is 7.21. The lowest BCUT2D eigenvalue weighted by atomic mass is 10.3. The second kappa shape index (κ2) is 9.86. The van der Waals surface area contributed by atoms with E-state index in [1.807, 2.05) is 31.3 Å². The highest BCUT2D eigenvalue weighted by molar-refractivity contribution is 7.22. The average Bonchev–Trinajstić information content (AvgIpc) is 3.36. The predicted molar refractivity (Wildman–Crippen MR) is 119 cm³/mol. The molecule has 3 heterocycles. The molecule has 0 N–H and O–H groups in total. The molecule has 1 saturated heterocycles. The van der Waals surface area contributed by atoms with Crippen molar-refractivity contribution in [1.29, 1.82) is 0 Å². The zero-order valence-electron chi connectivity index (χ0n) is 16.1. The lowest BCUT2D eigenvalue weighted by Crippen LogP contribution is -2.43. The molecule has 0 radical (unpaired) electrons. The van der Waals surface area contributed by atoms with Crippen LogP contribution >= 0.6 is 35.3 Å². The molecule has 1 amide bonds. The summed E-state index contributed by atoms with van der Waals surface area (Å²) in [5.74, 6) is -0.143. The average molecular weight is 456 g/mol. The van der Waals surface area contributed by atoms with E-state index in [1.54, 1.807) is 15.6 Å². The summed E-state index contributed by atoms with van der Waals surface area (Å²) in [5.41, 5.74) is 1.15. The van der Waals surface area contributed by atoms with Gasteiger partial charge >= 0.3 is 0 Å². The van der Waals surface area contributed by atoms with Crippen LogP contribution in [0.25, 0.3) is 10.2 Å².